The highest BCUT2D eigenvalue weighted by molar-refractivity contribution is 7.09. The third kappa shape index (κ3) is 3.40. The Morgan fingerprint density at radius 2 is 2.22 bits per heavy atom. The minimum absolute atomic E-state index is 0.00131. The number of carbonyl (C=O) groups excluding carboxylic acids is 1. The van der Waals surface area contributed by atoms with Gasteiger partial charge in [-0.25, -0.2) is 4.98 Å². The maximum Gasteiger partial charge on any atom is 0.308 e. The third-order valence-electron chi connectivity index (χ3n) is 4.86. The summed E-state index contributed by atoms with van der Waals surface area (Å²) in [7, 11) is 0. The summed E-state index contributed by atoms with van der Waals surface area (Å²) in [6.45, 7) is 2.57. The lowest BCUT2D eigenvalue weighted by Gasteiger charge is -2.39. The molecule has 1 aromatic rings. The van der Waals surface area contributed by atoms with Gasteiger partial charge in [0.1, 0.15) is 16.8 Å². The molecular weight excluding hydrogens is 316 g/mol. The average molecular weight is 338 g/mol. The summed E-state index contributed by atoms with van der Waals surface area (Å²) in [5, 5.41) is 14.9. The molecule has 1 saturated heterocycles. The Bertz CT molecular complexity index is 597. The summed E-state index contributed by atoms with van der Waals surface area (Å²) in [6.07, 6.45) is 5.06. The van der Waals surface area contributed by atoms with Crippen LogP contribution < -0.4 is 5.32 Å². The van der Waals surface area contributed by atoms with E-state index < -0.39 is 17.4 Å². The van der Waals surface area contributed by atoms with Gasteiger partial charge in [-0.15, -0.1) is 11.3 Å². The summed E-state index contributed by atoms with van der Waals surface area (Å²) in [5.74, 6) is -1.68. The molecule has 0 bridgehead atoms. The zero-order valence-electron chi connectivity index (χ0n) is 13.2. The van der Waals surface area contributed by atoms with Crippen LogP contribution in [0.1, 0.15) is 67.0 Å². The number of rotatable bonds is 4. The van der Waals surface area contributed by atoms with Crippen molar-refractivity contribution in [3.63, 3.8) is 0 Å². The smallest absolute Gasteiger partial charge is 0.308 e. The summed E-state index contributed by atoms with van der Waals surface area (Å²) < 4.78 is 5.59. The van der Waals surface area contributed by atoms with Crippen molar-refractivity contribution in [3.8, 4) is 0 Å². The van der Waals surface area contributed by atoms with Crippen LogP contribution in [0.5, 0.6) is 0 Å². The molecule has 2 fully saturated rings. The largest absolute Gasteiger partial charge is 0.481 e. The molecule has 3 unspecified atom stereocenters. The second kappa shape index (κ2) is 6.57. The predicted molar refractivity (Wildman–Crippen MR) is 85.5 cm³/mol. The first-order chi connectivity index (χ1) is 11.0. The van der Waals surface area contributed by atoms with E-state index >= 15 is 0 Å². The number of thiazole rings is 1. The van der Waals surface area contributed by atoms with Gasteiger partial charge in [-0.3, -0.25) is 9.59 Å². The number of nitrogens with one attached hydrogen (secondary N) is 1. The number of ether oxygens (including phenoxy) is 1. The van der Waals surface area contributed by atoms with Gasteiger partial charge in [0.05, 0.1) is 11.5 Å². The van der Waals surface area contributed by atoms with Crippen LogP contribution in [0, 0.1) is 5.92 Å². The van der Waals surface area contributed by atoms with Crippen molar-refractivity contribution in [2.45, 2.75) is 57.1 Å². The van der Waals surface area contributed by atoms with E-state index in [9.17, 15) is 14.7 Å². The van der Waals surface area contributed by atoms with Crippen molar-refractivity contribution >= 4 is 23.2 Å². The van der Waals surface area contributed by atoms with Crippen LogP contribution in [-0.4, -0.2) is 34.1 Å². The molecule has 3 atom stereocenters. The number of aromatic nitrogens is 1. The summed E-state index contributed by atoms with van der Waals surface area (Å²) in [4.78, 5) is 28.4. The fourth-order valence-corrected chi connectivity index (χ4v) is 4.40. The lowest BCUT2D eigenvalue weighted by Crippen LogP contribution is -2.55. The van der Waals surface area contributed by atoms with Crippen molar-refractivity contribution in [2.75, 3.05) is 6.61 Å². The van der Waals surface area contributed by atoms with Gasteiger partial charge in [0.15, 0.2) is 0 Å². The monoisotopic (exact) mass is 338 g/mol. The second-order valence-electron chi connectivity index (χ2n) is 6.58. The van der Waals surface area contributed by atoms with Crippen LogP contribution >= 0.6 is 11.3 Å². The normalized spacial score (nSPS) is 31.0. The molecule has 2 aliphatic rings. The van der Waals surface area contributed by atoms with Gasteiger partial charge in [-0.2, -0.15) is 0 Å². The maximum absolute atomic E-state index is 12.5. The SMILES string of the molecule is CC1(NC(=O)c2csc(C3CCCO3)n2)CCCCC1C(=O)O. The Morgan fingerprint density at radius 1 is 1.39 bits per heavy atom. The van der Waals surface area contributed by atoms with Crippen LogP contribution in [0.15, 0.2) is 5.38 Å². The Labute approximate surface area is 139 Å². The number of carbonyl (C=O) groups is 2. The van der Waals surface area contributed by atoms with Crippen LogP contribution in [0.4, 0.5) is 0 Å². The number of aliphatic carboxylic acids is 1. The first-order valence-electron chi connectivity index (χ1n) is 8.12. The minimum atomic E-state index is -0.842. The van der Waals surface area contributed by atoms with Crippen molar-refractivity contribution in [1.82, 2.24) is 10.3 Å². The predicted octanol–water partition coefficient (Wildman–Crippen LogP) is 2.76. The van der Waals surface area contributed by atoms with Crippen LogP contribution in [0.25, 0.3) is 0 Å². The highest BCUT2D eigenvalue weighted by Crippen LogP contribution is 2.35. The Balaban J connectivity index is 1.71. The number of nitrogens with zero attached hydrogens (tertiary/aromatic N) is 1. The molecule has 3 rings (SSSR count). The van der Waals surface area contributed by atoms with E-state index in [-0.39, 0.29) is 12.0 Å². The number of hydrogen-bond acceptors (Lipinski definition) is 5. The molecule has 2 N–H and O–H groups in total. The Hall–Kier alpha value is -1.47. The first-order valence-corrected chi connectivity index (χ1v) is 9.00. The number of amides is 1. The first kappa shape index (κ1) is 16.4. The van der Waals surface area contributed by atoms with E-state index in [4.69, 9.17) is 4.74 Å². The zero-order valence-corrected chi connectivity index (χ0v) is 14.0. The van der Waals surface area contributed by atoms with Crippen LogP contribution in [0.3, 0.4) is 0 Å². The second-order valence-corrected chi connectivity index (χ2v) is 7.47. The molecule has 1 aromatic heterocycles. The Kier molecular flexibility index (Phi) is 4.68. The van der Waals surface area contributed by atoms with E-state index in [1.807, 2.05) is 6.92 Å². The standard InChI is InChI=1S/C16H22N2O4S/c1-16(7-3-2-5-10(16)15(20)21)18-13(19)11-9-23-14(17-11)12-6-4-8-22-12/h9-10,12H,2-8H2,1H3,(H,18,19)(H,20,21). The van der Waals surface area contributed by atoms with Gasteiger partial charge in [0.2, 0.25) is 0 Å². The fraction of sp³-hybridized carbons (Fsp3) is 0.688. The molecule has 1 aliphatic heterocycles. The quantitative estimate of drug-likeness (QED) is 0.881. The van der Waals surface area contributed by atoms with Gasteiger partial charge >= 0.3 is 5.97 Å². The van der Waals surface area contributed by atoms with Gasteiger partial charge in [-0.1, -0.05) is 12.8 Å². The van der Waals surface area contributed by atoms with Crippen molar-refractivity contribution in [2.24, 2.45) is 5.92 Å². The summed E-state index contributed by atoms with van der Waals surface area (Å²) >= 11 is 1.43. The van der Waals surface area contributed by atoms with E-state index in [0.29, 0.717) is 18.5 Å². The van der Waals surface area contributed by atoms with Gasteiger partial charge < -0.3 is 15.2 Å². The average Bonchev–Trinajstić information content (AvgIpc) is 3.18. The molecule has 1 saturated carbocycles. The molecule has 0 spiro atoms. The van der Waals surface area contributed by atoms with Gasteiger partial charge in [0.25, 0.3) is 5.91 Å². The fourth-order valence-electron chi connectivity index (χ4n) is 3.51. The third-order valence-corrected chi connectivity index (χ3v) is 5.80. The molecular formula is C16H22N2O4S. The molecule has 1 amide bonds. The molecule has 6 nitrogen and oxygen atoms in total. The van der Waals surface area contributed by atoms with Crippen molar-refractivity contribution in [3.05, 3.63) is 16.1 Å². The maximum atomic E-state index is 12.5. The summed E-state index contributed by atoms with van der Waals surface area (Å²) in [5.41, 5.74) is -0.356. The molecule has 0 radical (unpaired) electrons. The molecule has 126 valence electrons. The molecule has 23 heavy (non-hydrogen) atoms. The van der Waals surface area contributed by atoms with E-state index in [1.165, 1.54) is 11.3 Å². The molecule has 1 aliphatic carbocycles. The van der Waals surface area contributed by atoms with Crippen molar-refractivity contribution in [1.29, 1.82) is 0 Å². The highest BCUT2D eigenvalue weighted by atomic mass is 32.1. The Morgan fingerprint density at radius 3 is 2.91 bits per heavy atom. The van der Waals surface area contributed by atoms with Crippen molar-refractivity contribution < 1.29 is 19.4 Å². The van der Waals surface area contributed by atoms with E-state index in [0.717, 1.165) is 37.3 Å². The van der Waals surface area contributed by atoms with Gasteiger partial charge in [-0.05, 0) is 32.6 Å². The molecule has 7 heteroatoms. The van der Waals surface area contributed by atoms with Crippen LogP contribution in [-0.2, 0) is 9.53 Å². The molecule has 2 heterocycles. The highest BCUT2D eigenvalue weighted by Gasteiger charge is 2.42. The van der Waals surface area contributed by atoms with Gasteiger partial charge in [0, 0.05) is 12.0 Å². The zero-order chi connectivity index (χ0) is 16.4. The summed E-state index contributed by atoms with van der Waals surface area (Å²) in [6, 6.07) is 0. The number of hydrogen-bond donors (Lipinski definition) is 2. The number of carboxylic acids is 1. The van der Waals surface area contributed by atoms with E-state index in [1.54, 1.807) is 5.38 Å². The van der Waals surface area contributed by atoms with E-state index in [2.05, 4.69) is 10.3 Å². The lowest BCUT2D eigenvalue weighted by atomic mass is 9.74. The topological polar surface area (TPSA) is 88.5 Å². The minimum Gasteiger partial charge on any atom is -0.481 e. The number of carboxylic acid groups (broad SMARTS) is 1. The lowest BCUT2D eigenvalue weighted by molar-refractivity contribution is -0.145. The molecule has 0 aromatic carbocycles. The van der Waals surface area contributed by atoms with Crippen LogP contribution in [0.2, 0.25) is 0 Å².